The van der Waals surface area contributed by atoms with E-state index in [-0.39, 0.29) is 5.91 Å². The number of nitrogens with zero attached hydrogens (tertiary/aromatic N) is 2. The van der Waals surface area contributed by atoms with Crippen LogP contribution in [-0.2, 0) is 17.6 Å². The maximum absolute atomic E-state index is 12.4. The van der Waals surface area contributed by atoms with Crippen LogP contribution in [0.25, 0.3) is 33.6 Å². The largest absolute Gasteiger partial charge is 0.440 e. The van der Waals surface area contributed by atoms with Crippen molar-refractivity contribution in [3.05, 3.63) is 96.6 Å². The van der Waals surface area contributed by atoms with Gasteiger partial charge in [-0.1, -0.05) is 72.8 Å². The molecule has 5 aromatic rings. The average molecular weight is 437 g/mol. The Balaban J connectivity index is 1.22. The van der Waals surface area contributed by atoms with Crippen LogP contribution in [0, 0.1) is 0 Å². The Morgan fingerprint density at radius 3 is 2.27 bits per heavy atom. The number of carbonyl (C=O) groups is 1. The summed E-state index contributed by atoms with van der Waals surface area (Å²) in [5.41, 5.74) is 4.69. The molecule has 6 heteroatoms. The first-order valence-electron chi connectivity index (χ1n) is 11.1. The molecule has 0 saturated carbocycles. The van der Waals surface area contributed by atoms with Crippen LogP contribution < -0.4 is 5.32 Å². The van der Waals surface area contributed by atoms with Gasteiger partial charge in [0, 0.05) is 36.9 Å². The fourth-order valence-corrected chi connectivity index (χ4v) is 3.80. The molecule has 0 radical (unpaired) electrons. The first kappa shape index (κ1) is 20.7. The fourth-order valence-electron chi connectivity index (χ4n) is 3.80. The molecule has 0 aliphatic carbocycles. The Labute approximate surface area is 191 Å². The second-order valence-corrected chi connectivity index (χ2v) is 7.82. The molecule has 0 bridgehead atoms. The molecule has 3 aromatic carbocycles. The highest BCUT2D eigenvalue weighted by Gasteiger charge is 2.17. The maximum atomic E-state index is 12.4. The lowest BCUT2D eigenvalue weighted by molar-refractivity contribution is -0.121. The van der Waals surface area contributed by atoms with E-state index in [1.165, 1.54) is 0 Å². The van der Waals surface area contributed by atoms with Gasteiger partial charge in [-0.2, -0.15) is 0 Å². The fraction of sp³-hybridized carbons (Fsp3) is 0.148. The van der Waals surface area contributed by atoms with Crippen molar-refractivity contribution in [2.45, 2.75) is 19.3 Å². The van der Waals surface area contributed by atoms with E-state index in [9.17, 15) is 4.79 Å². The monoisotopic (exact) mass is 436 g/mol. The van der Waals surface area contributed by atoms with Gasteiger partial charge in [0.25, 0.3) is 0 Å². The summed E-state index contributed by atoms with van der Waals surface area (Å²) in [6.45, 7) is 0.523. The molecule has 0 aliphatic heterocycles. The van der Waals surface area contributed by atoms with E-state index in [2.05, 4.69) is 15.3 Å². The second-order valence-electron chi connectivity index (χ2n) is 7.82. The van der Waals surface area contributed by atoms with Crippen LogP contribution in [-0.4, -0.2) is 27.4 Å². The number of fused-ring (bicyclic) bond motifs is 1. The molecule has 0 atom stereocenters. The highest BCUT2D eigenvalue weighted by Crippen LogP contribution is 2.32. The topological polar surface area (TPSA) is 83.8 Å². The molecule has 0 aliphatic rings. The quantitative estimate of drug-likeness (QED) is 0.351. The smallest absolute Gasteiger partial charge is 0.220 e. The third-order valence-corrected chi connectivity index (χ3v) is 5.44. The summed E-state index contributed by atoms with van der Waals surface area (Å²) in [5.74, 6) is 2.11. The first-order valence-corrected chi connectivity index (χ1v) is 11.1. The van der Waals surface area contributed by atoms with E-state index >= 15 is 0 Å². The minimum Gasteiger partial charge on any atom is -0.440 e. The molecule has 5 rings (SSSR count). The van der Waals surface area contributed by atoms with Crippen molar-refractivity contribution in [2.24, 2.45) is 0 Å². The number of imidazole rings is 1. The van der Waals surface area contributed by atoms with Crippen molar-refractivity contribution < 1.29 is 9.21 Å². The van der Waals surface area contributed by atoms with Gasteiger partial charge in [-0.15, -0.1) is 0 Å². The molecular weight excluding hydrogens is 412 g/mol. The van der Waals surface area contributed by atoms with Crippen molar-refractivity contribution in [2.75, 3.05) is 6.54 Å². The van der Waals surface area contributed by atoms with E-state index in [0.717, 1.165) is 39.4 Å². The first-order chi connectivity index (χ1) is 16.3. The number of hydrogen-bond acceptors (Lipinski definition) is 4. The third-order valence-electron chi connectivity index (χ3n) is 5.44. The lowest BCUT2D eigenvalue weighted by Crippen LogP contribution is -2.26. The van der Waals surface area contributed by atoms with Gasteiger partial charge in [0.15, 0.2) is 11.7 Å². The Kier molecular flexibility index (Phi) is 5.97. The van der Waals surface area contributed by atoms with E-state index in [1.807, 2.05) is 84.9 Å². The third kappa shape index (κ3) is 4.85. The zero-order valence-electron chi connectivity index (χ0n) is 18.1. The Hall–Kier alpha value is -4.19. The molecule has 0 fully saturated rings. The number of aromatic nitrogens is 3. The van der Waals surface area contributed by atoms with Crippen LogP contribution in [0.4, 0.5) is 0 Å². The number of hydrogen-bond donors (Lipinski definition) is 2. The minimum absolute atomic E-state index is 0.0353. The average Bonchev–Trinajstić information content (AvgIpc) is 3.48. The summed E-state index contributed by atoms with van der Waals surface area (Å²) in [7, 11) is 0. The standard InChI is InChI=1S/C27H24N4O2/c32-24(28-18-17-23-29-21-13-7-8-14-22(21)30-23)15-16-25-31-26(19-9-3-1-4-10-19)27(33-25)20-11-5-2-6-12-20/h1-14H,15-18H2,(H,28,32)(H,29,30). The molecule has 6 nitrogen and oxygen atoms in total. The number of aryl methyl sites for hydroxylation is 1. The maximum Gasteiger partial charge on any atom is 0.220 e. The molecule has 1 amide bonds. The second kappa shape index (κ2) is 9.53. The number of oxazole rings is 1. The van der Waals surface area contributed by atoms with Crippen LogP contribution in [0.2, 0.25) is 0 Å². The van der Waals surface area contributed by atoms with Gasteiger partial charge in [0.2, 0.25) is 5.91 Å². The normalized spacial score (nSPS) is 11.0. The minimum atomic E-state index is -0.0353. The number of carbonyl (C=O) groups excluding carboxylic acids is 1. The van der Waals surface area contributed by atoms with Gasteiger partial charge in [-0.3, -0.25) is 4.79 Å². The summed E-state index contributed by atoms with van der Waals surface area (Å²) >= 11 is 0. The van der Waals surface area contributed by atoms with Gasteiger partial charge in [-0.05, 0) is 12.1 Å². The lowest BCUT2D eigenvalue weighted by atomic mass is 10.1. The molecular formula is C27H24N4O2. The van der Waals surface area contributed by atoms with E-state index in [4.69, 9.17) is 9.40 Å². The predicted molar refractivity (Wildman–Crippen MR) is 129 cm³/mol. The van der Waals surface area contributed by atoms with Crippen LogP contribution in [0.15, 0.2) is 89.3 Å². The summed E-state index contributed by atoms with van der Waals surface area (Å²) in [6.07, 6.45) is 1.39. The number of benzene rings is 3. The van der Waals surface area contributed by atoms with Crippen LogP contribution in [0.5, 0.6) is 0 Å². The van der Waals surface area contributed by atoms with Crippen molar-refractivity contribution in [3.8, 4) is 22.6 Å². The van der Waals surface area contributed by atoms with Gasteiger partial charge >= 0.3 is 0 Å². The van der Waals surface area contributed by atoms with E-state index < -0.39 is 0 Å². The summed E-state index contributed by atoms with van der Waals surface area (Å²) in [6, 6.07) is 27.8. The number of rotatable bonds is 8. The number of nitrogens with one attached hydrogen (secondary N) is 2. The van der Waals surface area contributed by atoms with Crippen LogP contribution in [0.1, 0.15) is 18.1 Å². The molecule has 0 unspecified atom stereocenters. The van der Waals surface area contributed by atoms with E-state index in [0.29, 0.717) is 31.7 Å². The number of para-hydroxylation sites is 2. The van der Waals surface area contributed by atoms with Gasteiger partial charge in [0.1, 0.15) is 11.5 Å². The molecule has 164 valence electrons. The summed E-state index contributed by atoms with van der Waals surface area (Å²) in [4.78, 5) is 24.9. The van der Waals surface area contributed by atoms with Gasteiger partial charge < -0.3 is 14.7 Å². The zero-order chi connectivity index (χ0) is 22.5. The molecule has 2 N–H and O–H groups in total. The number of amides is 1. The van der Waals surface area contributed by atoms with Crippen molar-refractivity contribution in [3.63, 3.8) is 0 Å². The van der Waals surface area contributed by atoms with Gasteiger partial charge in [-0.25, -0.2) is 9.97 Å². The highest BCUT2D eigenvalue weighted by atomic mass is 16.4. The van der Waals surface area contributed by atoms with Crippen molar-refractivity contribution >= 4 is 16.9 Å². The van der Waals surface area contributed by atoms with Crippen molar-refractivity contribution in [1.29, 1.82) is 0 Å². The number of H-pyrrole nitrogens is 1. The molecule has 0 saturated heterocycles. The summed E-state index contributed by atoms with van der Waals surface area (Å²) in [5, 5.41) is 2.96. The van der Waals surface area contributed by atoms with Gasteiger partial charge in [0.05, 0.1) is 11.0 Å². The molecule has 2 aromatic heterocycles. The Bertz CT molecular complexity index is 1270. The zero-order valence-corrected chi connectivity index (χ0v) is 18.1. The lowest BCUT2D eigenvalue weighted by Gasteiger charge is -2.02. The van der Waals surface area contributed by atoms with Crippen LogP contribution >= 0.6 is 0 Å². The SMILES string of the molecule is O=C(CCc1nc(-c2ccccc2)c(-c2ccccc2)o1)NCCc1nc2ccccc2[nH]1. The molecule has 0 spiro atoms. The Morgan fingerprint density at radius 1 is 0.818 bits per heavy atom. The van der Waals surface area contributed by atoms with Crippen LogP contribution in [0.3, 0.4) is 0 Å². The van der Waals surface area contributed by atoms with E-state index in [1.54, 1.807) is 0 Å². The molecule has 2 heterocycles. The van der Waals surface area contributed by atoms with Crippen molar-refractivity contribution in [1.82, 2.24) is 20.3 Å². The summed E-state index contributed by atoms with van der Waals surface area (Å²) < 4.78 is 6.11. The molecule has 33 heavy (non-hydrogen) atoms. The number of aromatic amines is 1. The highest BCUT2D eigenvalue weighted by molar-refractivity contribution is 5.78. The predicted octanol–water partition coefficient (Wildman–Crippen LogP) is 5.18. The Morgan fingerprint density at radius 2 is 1.52 bits per heavy atom.